The van der Waals surface area contributed by atoms with Gasteiger partial charge in [0.05, 0.1) is 0 Å². The first kappa shape index (κ1) is 17.5. The molecule has 1 fully saturated rings. The van der Waals surface area contributed by atoms with Gasteiger partial charge in [0.2, 0.25) is 5.91 Å². The predicted octanol–water partition coefficient (Wildman–Crippen LogP) is 1.53. The number of pyridine rings is 1. The highest BCUT2D eigenvalue weighted by atomic mass is 19.4. The smallest absolute Gasteiger partial charge is 0.396 e. The molecule has 1 heterocycles. The second-order valence-corrected chi connectivity index (χ2v) is 5.75. The van der Waals surface area contributed by atoms with E-state index in [4.69, 9.17) is 0 Å². The number of aromatic nitrogens is 1. The molecule has 0 saturated heterocycles. The van der Waals surface area contributed by atoms with Gasteiger partial charge in [0.25, 0.3) is 5.56 Å². The van der Waals surface area contributed by atoms with Gasteiger partial charge in [-0.25, -0.2) is 0 Å². The van der Waals surface area contributed by atoms with E-state index >= 15 is 0 Å². The van der Waals surface area contributed by atoms with Gasteiger partial charge >= 0.3 is 6.18 Å². The minimum absolute atomic E-state index is 0.0472. The second kappa shape index (κ2) is 7.16. The Morgan fingerprint density at radius 1 is 1.35 bits per heavy atom. The lowest BCUT2D eigenvalue weighted by Crippen LogP contribution is -2.45. The van der Waals surface area contributed by atoms with Crippen molar-refractivity contribution >= 4 is 5.91 Å². The SMILES string of the molecule is O=C(Cn1cccc(C(F)(F)F)c1=O)NC1CCCCC1CO. The fourth-order valence-corrected chi connectivity index (χ4v) is 2.90. The van der Waals surface area contributed by atoms with E-state index in [9.17, 15) is 27.9 Å². The molecule has 1 aliphatic carbocycles. The van der Waals surface area contributed by atoms with Gasteiger partial charge in [-0.2, -0.15) is 13.2 Å². The highest BCUT2D eigenvalue weighted by Gasteiger charge is 2.34. The van der Waals surface area contributed by atoms with Crippen LogP contribution in [0.5, 0.6) is 0 Å². The van der Waals surface area contributed by atoms with Gasteiger partial charge in [-0.05, 0) is 25.0 Å². The normalized spacial score (nSPS) is 21.9. The molecular weight excluding hydrogens is 313 g/mol. The number of carbonyl (C=O) groups excluding carboxylic acids is 1. The summed E-state index contributed by atoms with van der Waals surface area (Å²) in [5, 5.41) is 12.0. The number of halogens is 3. The maximum Gasteiger partial charge on any atom is 0.421 e. The second-order valence-electron chi connectivity index (χ2n) is 5.75. The number of hydrogen-bond donors (Lipinski definition) is 2. The number of aliphatic hydroxyl groups is 1. The van der Waals surface area contributed by atoms with Crippen LogP contribution in [0.1, 0.15) is 31.2 Å². The predicted molar refractivity (Wildman–Crippen MR) is 76.7 cm³/mol. The van der Waals surface area contributed by atoms with Crippen LogP contribution in [0.15, 0.2) is 23.1 Å². The summed E-state index contributed by atoms with van der Waals surface area (Å²) < 4.78 is 38.8. The number of carbonyl (C=O) groups is 1. The van der Waals surface area contributed by atoms with Crippen LogP contribution in [-0.2, 0) is 17.5 Å². The number of nitrogens with one attached hydrogen (secondary N) is 1. The Labute approximate surface area is 131 Å². The quantitative estimate of drug-likeness (QED) is 0.878. The van der Waals surface area contributed by atoms with Crippen LogP contribution in [0.3, 0.4) is 0 Å². The van der Waals surface area contributed by atoms with Crippen LogP contribution >= 0.6 is 0 Å². The van der Waals surface area contributed by atoms with Crippen LogP contribution < -0.4 is 10.9 Å². The summed E-state index contributed by atoms with van der Waals surface area (Å²) >= 11 is 0. The Morgan fingerprint density at radius 3 is 2.70 bits per heavy atom. The molecule has 23 heavy (non-hydrogen) atoms. The molecule has 0 radical (unpaired) electrons. The number of hydrogen-bond acceptors (Lipinski definition) is 3. The molecule has 1 amide bonds. The maximum absolute atomic E-state index is 12.7. The summed E-state index contributed by atoms with van der Waals surface area (Å²) in [4.78, 5) is 23.8. The molecule has 0 spiro atoms. The van der Waals surface area contributed by atoms with Crippen molar-refractivity contribution in [1.29, 1.82) is 0 Å². The Bertz CT molecular complexity index is 613. The van der Waals surface area contributed by atoms with Gasteiger partial charge < -0.3 is 15.0 Å². The molecular formula is C15H19F3N2O3. The van der Waals surface area contributed by atoms with Crippen molar-refractivity contribution in [3.8, 4) is 0 Å². The average Bonchev–Trinajstić information content (AvgIpc) is 2.48. The van der Waals surface area contributed by atoms with Crippen molar-refractivity contribution in [2.75, 3.05) is 6.61 Å². The zero-order valence-corrected chi connectivity index (χ0v) is 12.5. The number of rotatable bonds is 4. The first-order chi connectivity index (χ1) is 10.8. The third-order valence-electron chi connectivity index (χ3n) is 4.13. The summed E-state index contributed by atoms with van der Waals surface area (Å²) in [6.45, 7) is -0.522. The summed E-state index contributed by atoms with van der Waals surface area (Å²) in [6, 6.07) is 1.58. The Hall–Kier alpha value is -1.83. The molecule has 2 unspecified atom stereocenters. The summed E-state index contributed by atoms with van der Waals surface area (Å²) in [6.07, 6.45) is -0.182. The van der Waals surface area contributed by atoms with Gasteiger partial charge in [0, 0.05) is 24.8 Å². The lowest BCUT2D eigenvalue weighted by atomic mass is 9.85. The van der Waals surface area contributed by atoms with Crippen molar-refractivity contribution in [3.05, 3.63) is 34.2 Å². The molecule has 2 atom stereocenters. The van der Waals surface area contributed by atoms with E-state index in [0.717, 1.165) is 36.1 Å². The summed E-state index contributed by atoms with van der Waals surface area (Å²) in [5.74, 6) is -0.581. The van der Waals surface area contributed by atoms with Gasteiger partial charge in [-0.15, -0.1) is 0 Å². The first-order valence-electron chi connectivity index (χ1n) is 7.50. The molecule has 128 valence electrons. The molecule has 1 aliphatic rings. The van der Waals surface area contributed by atoms with Crippen molar-refractivity contribution in [2.24, 2.45) is 5.92 Å². The molecule has 2 rings (SSSR count). The minimum Gasteiger partial charge on any atom is -0.396 e. The fourth-order valence-electron chi connectivity index (χ4n) is 2.90. The molecule has 5 nitrogen and oxygen atoms in total. The molecule has 0 bridgehead atoms. The van der Waals surface area contributed by atoms with Crippen molar-refractivity contribution in [1.82, 2.24) is 9.88 Å². The topological polar surface area (TPSA) is 71.3 Å². The van der Waals surface area contributed by atoms with E-state index in [0.29, 0.717) is 12.5 Å². The van der Waals surface area contributed by atoms with Crippen LogP contribution in [0, 0.1) is 5.92 Å². The van der Waals surface area contributed by atoms with Crippen molar-refractivity contribution < 1.29 is 23.1 Å². The standard InChI is InChI=1S/C15H19F3N2O3/c16-15(17,18)11-5-3-7-20(14(11)23)8-13(22)19-12-6-2-1-4-10(12)9-21/h3,5,7,10,12,21H,1-2,4,6,8-9H2,(H,19,22). The molecule has 1 aromatic heterocycles. The van der Waals surface area contributed by atoms with E-state index in [1.54, 1.807) is 0 Å². The van der Waals surface area contributed by atoms with Crippen LogP contribution in [-0.4, -0.2) is 28.2 Å². The van der Waals surface area contributed by atoms with Gasteiger partial charge in [-0.3, -0.25) is 9.59 Å². The Kier molecular flexibility index (Phi) is 5.46. The summed E-state index contributed by atoms with van der Waals surface area (Å²) in [5.41, 5.74) is -2.53. The third kappa shape index (κ3) is 4.34. The van der Waals surface area contributed by atoms with Crippen LogP contribution in [0.25, 0.3) is 0 Å². The van der Waals surface area contributed by atoms with Crippen molar-refractivity contribution in [2.45, 2.75) is 44.4 Å². The summed E-state index contributed by atoms with van der Waals surface area (Å²) in [7, 11) is 0. The first-order valence-corrected chi connectivity index (χ1v) is 7.50. The number of aliphatic hydroxyl groups excluding tert-OH is 1. The fraction of sp³-hybridized carbons (Fsp3) is 0.600. The lowest BCUT2D eigenvalue weighted by molar-refractivity contribution is -0.139. The number of amides is 1. The molecule has 1 saturated carbocycles. The third-order valence-corrected chi connectivity index (χ3v) is 4.13. The lowest BCUT2D eigenvalue weighted by Gasteiger charge is -2.30. The van der Waals surface area contributed by atoms with Crippen LogP contribution in [0.4, 0.5) is 13.2 Å². The number of alkyl halides is 3. The van der Waals surface area contributed by atoms with Gasteiger partial charge in [0.15, 0.2) is 0 Å². The Morgan fingerprint density at radius 2 is 2.04 bits per heavy atom. The maximum atomic E-state index is 12.7. The minimum atomic E-state index is -4.75. The zero-order chi connectivity index (χ0) is 17.0. The molecule has 1 aromatic rings. The van der Waals surface area contributed by atoms with E-state index in [-0.39, 0.29) is 18.6 Å². The van der Waals surface area contributed by atoms with Crippen molar-refractivity contribution in [3.63, 3.8) is 0 Å². The average molecular weight is 332 g/mol. The number of nitrogens with zero attached hydrogens (tertiary/aromatic N) is 1. The molecule has 0 aliphatic heterocycles. The largest absolute Gasteiger partial charge is 0.421 e. The molecule has 8 heteroatoms. The molecule has 0 aromatic carbocycles. The van der Waals surface area contributed by atoms with Gasteiger partial charge in [-0.1, -0.05) is 12.8 Å². The Balaban J connectivity index is 2.07. The van der Waals surface area contributed by atoms with E-state index in [1.807, 2.05) is 0 Å². The van der Waals surface area contributed by atoms with E-state index in [2.05, 4.69) is 5.32 Å². The van der Waals surface area contributed by atoms with E-state index < -0.39 is 29.8 Å². The highest BCUT2D eigenvalue weighted by Crippen LogP contribution is 2.26. The molecule has 2 N–H and O–H groups in total. The highest BCUT2D eigenvalue weighted by molar-refractivity contribution is 5.76. The zero-order valence-electron chi connectivity index (χ0n) is 12.5. The van der Waals surface area contributed by atoms with E-state index in [1.165, 1.54) is 0 Å². The van der Waals surface area contributed by atoms with Gasteiger partial charge in [0.1, 0.15) is 12.1 Å². The monoisotopic (exact) mass is 332 g/mol. The van der Waals surface area contributed by atoms with Crippen LogP contribution in [0.2, 0.25) is 0 Å².